The van der Waals surface area contributed by atoms with Gasteiger partial charge in [-0.3, -0.25) is 0 Å². The minimum atomic E-state index is -0.0829. The molecule has 1 aromatic heterocycles. The van der Waals surface area contributed by atoms with Crippen molar-refractivity contribution in [3.05, 3.63) is 28.5 Å². The fraction of sp³-hybridized carbons (Fsp3) is 0.222. The lowest BCUT2D eigenvalue weighted by Crippen LogP contribution is -1.86. The fourth-order valence-electron chi connectivity index (χ4n) is 1.38. The van der Waals surface area contributed by atoms with Gasteiger partial charge >= 0.3 is 0 Å². The number of benzene rings is 1. The van der Waals surface area contributed by atoms with Crippen molar-refractivity contribution in [2.45, 2.75) is 13.5 Å². The number of fused-ring (bicyclic) bond motifs is 1. The third-order valence-electron chi connectivity index (χ3n) is 1.98. The van der Waals surface area contributed by atoms with E-state index in [1.165, 1.54) is 0 Å². The minimum absolute atomic E-state index is 0.0829. The summed E-state index contributed by atoms with van der Waals surface area (Å²) in [5, 5.41) is 9.64. The highest BCUT2D eigenvalue weighted by Crippen LogP contribution is 2.24. The standard InChI is InChI=1S/C9H9ClN2O/c1-5-11-8-3-2-7(10)6(4-13)9(8)12-5/h2-3,13H,4H2,1H3,(H,11,12). The molecule has 0 amide bonds. The van der Waals surface area contributed by atoms with Crippen LogP contribution in [0.25, 0.3) is 11.0 Å². The molecule has 0 atom stereocenters. The largest absolute Gasteiger partial charge is 0.392 e. The Labute approximate surface area is 80.4 Å². The van der Waals surface area contributed by atoms with E-state index in [-0.39, 0.29) is 6.61 Å². The number of aromatic amines is 1. The van der Waals surface area contributed by atoms with Crippen molar-refractivity contribution in [2.24, 2.45) is 0 Å². The van der Waals surface area contributed by atoms with E-state index in [9.17, 15) is 0 Å². The Bertz CT molecular complexity index is 450. The van der Waals surface area contributed by atoms with Crippen LogP contribution < -0.4 is 0 Å². The molecular formula is C9H9ClN2O. The molecule has 2 N–H and O–H groups in total. The quantitative estimate of drug-likeness (QED) is 0.733. The zero-order chi connectivity index (χ0) is 9.42. The van der Waals surface area contributed by atoms with Crippen LogP contribution in [-0.2, 0) is 6.61 Å². The van der Waals surface area contributed by atoms with Crippen molar-refractivity contribution in [1.82, 2.24) is 9.97 Å². The average molecular weight is 197 g/mol. The van der Waals surface area contributed by atoms with Crippen LogP contribution in [0.1, 0.15) is 11.4 Å². The topological polar surface area (TPSA) is 48.9 Å². The molecule has 3 nitrogen and oxygen atoms in total. The van der Waals surface area contributed by atoms with E-state index in [0.717, 1.165) is 16.9 Å². The summed E-state index contributed by atoms with van der Waals surface area (Å²) in [5.41, 5.74) is 2.35. The highest BCUT2D eigenvalue weighted by molar-refractivity contribution is 6.32. The number of hydrogen-bond acceptors (Lipinski definition) is 2. The number of aliphatic hydroxyl groups is 1. The third kappa shape index (κ3) is 1.30. The zero-order valence-electron chi connectivity index (χ0n) is 7.13. The van der Waals surface area contributed by atoms with Gasteiger partial charge < -0.3 is 10.1 Å². The maximum absolute atomic E-state index is 9.09. The van der Waals surface area contributed by atoms with Crippen LogP contribution in [0.5, 0.6) is 0 Å². The van der Waals surface area contributed by atoms with Gasteiger partial charge in [-0.2, -0.15) is 0 Å². The van der Waals surface area contributed by atoms with E-state index in [1.807, 2.05) is 13.0 Å². The normalized spacial score (nSPS) is 11.0. The molecule has 1 aromatic carbocycles. The van der Waals surface area contributed by atoms with Gasteiger partial charge in [0.05, 0.1) is 17.6 Å². The van der Waals surface area contributed by atoms with Gasteiger partial charge in [-0.15, -0.1) is 0 Å². The van der Waals surface area contributed by atoms with Crippen LogP contribution in [0.15, 0.2) is 12.1 Å². The van der Waals surface area contributed by atoms with Crippen LogP contribution >= 0.6 is 11.6 Å². The van der Waals surface area contributed by atoms with Gasteiger partial charge in [0.1, 0.15) is 5.82 Å². The van der Waals surface area contributed by atoms with Crippen molar-refractivity contribution in [3.63, 3.8) is 0 Å². The Hall–Kier alpha value is -1.06. The van der Waals surface area contributed by atoms with E-state index >= 15 is 0 Å². The summed E-state index contributed by atoms with van der Waals surface area (Å²) in [5.74, 6) is 0.826. The minimum Gasteiger partial charge on any atom is -0.392 e. The number of nitrogens with one attached hydrogen (secondary N) is 1. The van der Waals surface area contributed by atoms with Crippen molar-refractivity contribution >= 4 is 22.6 Å². The van der Waals surface area contributed by atoms with Crippen LogP contribution in [0.2, 0.25) is 5.02 Å². The van der Waals surface area contributed by atoms with Gasteiger partial charge in [-0.05, 0) is 19.1 Å². The predicted octanol–water partition coefficient (Wildman–Crippen LogP) is 2.02. The number of H-pyrrole nitrogens is 1. The number of rotatable bonds is 1. The molecule has 13 heavy (non-hydrogen) atoms. The second-order valence-electron chi connectivity index (χ2n) is 2.90. The molecule has 4 heteroatoms. The summed E-state index contributed by atoms with van der Waals surface area (Å²) in [4.78, 5) is 7.32. The molecule has 0 radical (unpaired) electrons. The summed E-state index contributed by atoms with van der Waals surface area (Å²) in [6.45, 7) is 1.79. The van der Waals surface area contributed by atoms with E-state index in [2.05, 4.69) is 9.97 Å². The summed E-state index contributed by atoms with van der Waals surface area (Å²) in [6.07, 6.45) is 0. The Kier molecular flexibility index (Phi) is 1.98. The first-order valence-corrected chi connectivity index (χ1v) is 4.34. The van der Waals surface area contributed by atoms with E-state index in [1.54, 1.807) is 6.07 Å². The highest BCUT2D eigenvalue weighted by atomic mass is 35.5. The number of nitrogens with zero attached hydrogens (tertiary/aromatic N) is 1. The Morgan fingerprint density at radius 1 is 1.54 bits per heavy atom. The molecular weight excluding hydrogens is 188 g/mol. The van der Waals surface area contributed by atoms with E-state index in [4.69, 9.17) is 16.7 Å². The average Bonchev–Trinajstić information content (AvgIpc) is 2.45. The molecule has 2 aromatic rings. The molecule has 0 aliphatic heterocycles. The maximum atomic E-state index is 9.09. The van der Waals surface area contributed by atoms with Crippen LogP contribution in [-0.4, -0.2) is 15.1 Å². The number of imidazole rings is 1. The van der Waals surface area contributed by atoms with Crippen LogP contribution in [0.3, 0.4) is 0 Å². The number of hydrogen-bond donors (Lipinski definition) is 2. The molecule has 0 bridgehead atoms. The lowest BCUT2D eigenvalue weighted by Gasteiger charge is -1.99. The smallest absolute Gasteiger partial charge is 0.104 e. The molecule has 0 fully saturated rings. The van der Waals surface area contributed by atoms with Gasteiger partial charge in [-0.1, -0.05) is 11.6 Å². The van der Waals surface area contributed by atoms with E-state index in [0.29, 0.717) is 10.6 Å². The number of aromatic nitrogens is 2. The lowest BCUT2D eigenvalue weighted by molar-refractivity contribution is 0.283. The van der Waals surface area contributed by atoms with Gasteiger partial charge in [-0.25, -0.2) is 4.98 Å². The fourth-order valence-corrected chi connectivity index (χ4v) is 1.59. The maximum Gasteiger partial charge on any atom is 0.104 e. The van der Waals surface area contributed by atoms with Crippen molar-refractivity contribution in [3.8, 4) is 0 Å². The molecule has 68 valence electrons. The monoisotopic (exact) mass is 196 g/mol. The predicted molar refractivity (Wildman–Crippen MR) is 51.8 cm³/mol. The number of aryl methyl sites for hydroxylation is 1. The van der Waals surface area contributed by atoms with E-state index < -0.39 is 0 Å². The SMILES string of the molecule is Cc1nc2c(CO)c(Cl)ccc2[nH]1. The van der Waals surface area contributed by atoms with Gasteiger partial charge in [0, 0.05) is 10.6 Å². The summed E-state index contributed by atoms with van der Waals surface area (Å²) in [6, 6.07) is 3.61. The molecule has 0 spiro atoms. The first kappa shape index (κ1) is 8.53. The Morgan fingerprint density at radius 3 is 3.00 bits per heavy atom. The Balaban J connectivity index is 2.82. The second kappa shape index (κ2) is 3.01. The third-order valence-corrected chi connectivity index (χ3v) is 2.33. The summed E-state index contributed by atoms with van der Waals surface area (Å²) in [7, 11) is 0. The number of aliphatic hydroxyl groups excluding tert-OH is 1. The second-order valence-corrected chi connectivity index (χ2v) is 3.31. The highest BCUT2D eigenvalue weighted by Gasteiger charge is 2.08. The van der Waals surface area contributed by atoms with Gasteiger partial charge in [0.15, 0.2) is 0 Å². The number of halogens is 1. The molecule has 1 heterocycles. The molecule has 0 aliphatic carbocycles. The first-order chi connectivity index (χ1) is 6.22. The summed E-state index contributed by atoms with van der Waals surface area (Å²) < 4.78 is 0. The van der Waals surface area contributed by atoms with Crippen LogP contribution in [0.4, 0.5) is 0 Å². The summed E-state index contributed by atoms with van der Waals surface area (Å²) >= 11 is 5.90. The van der Waals surface area contributed by atoms with Crippen molar-refractivity contribution < 1.29 is 5.11 Å². The zero-order valence-corrected chi connectivity index (χ0v) is 7.89. The molecule has 0 aliphatic rings. The first-order valence-electron chi connectivity index (χ1n) is 3.97. The Morgan fingerprint density at radius 2 is 2.31 bits per heavy atom. The van der Waals surface area contributed by atoms with Gasteiger partial charge in [0.25, 0.3) is 0 Å². The van der Waals surface area contributed by atoms with Crippen molar-refractivity contribution in [1.29, 1.82) is 0 Å². The molecule has 0 saturated carbocycles. The van der Waals surface area contributed by atoms with Crippen LogP contribution in [0, 0.1) is 6.92 Å². The lowest BCUT2D eigenvalue weighted by atomic mass is 10.2. The van der Waals surface area contributed by atoms with Crippen molar-refractivity contribution in [2.75, 3.05) is 0 Å². The molecule has 2 rings (SSSR count). The molecule has 0 unspecified atom stereocenters. The van der Waals surface area contributed by atoms with Gasteiger partial charge in [0.2, 0.25) is 0 Å². The molecule has 0 saturated heterocycles.